The van der Waals surface area contributed by atoms with Crippen molar-refractivity contribution in [3.63, 3.8) is 0 Å². The van der Waals surface area contributed by atoms with Crippen molar-refractivity contribution in [2.45, 2.75) is 57.8 Å². The Morgan fingerprint density at radius 1 is 0.844 bits per heavy atom. The van der Waals surface area contributed by atoms with Crippen LogP contribution in [0.3, 0.4) is 0 Å². The first kappa shape index (κ1) is 26.6. The molecular formula is C21H30N4O7. The third-order valence-electron chi connectivity index (χ3n) is 4.68. The topological polar surface area (TPSA) is 188 Å². The normalized spacial score (nSPS) is 14.5. The zero-order valence-electron chi connectivity index (χ0n) is 18.2. The standard InChI is InChI=1S/C21H30N4O7/c1-11(2)17(22)20(30)25-14(9-13-7-5-4-6-8-13)19(29)24-15(10-16(26)27)18(28)23-12(3)21(31)32/h4-8,11-12,14-15,17H,9-10,22H2,1-3H3,(H,23,28)(H,24,29)(H,25,30)(H,26,27)(H,31,32). The highest BCUT2D eigenvalue weighted by molar-refractivity contribution is 5.95. The van der Waals surface area contributed by atoms with E-state index < -0.39 is 60.2 Å². The lowest BCUT2D eigenvalue weighted by molar-refractivity contribution is -0.143. The van der Waals surface area contributed by atoms with E-state index in [9.17, 15) is 24.0 Å². The van der Waals surface area contributed by atoms with Crippen LogP contribution in [0.1, 0.15) is 32.8 Å². The van der Waals surface area contributed by atoms with E-state index in [0.29, 0.717) is 5.56 Å². The Balaban J connectivity index is 3.07. The lowest BCUT2D eigenvalue weighted by Gasteiger charge is -2.25. The summed E-state index contributed by atoms with van der Waals surface area (Å²) in [5.74, 6) is -5.25. The zero-order chi connectivity index (χ0) is 24.4. The van der Waals surface area contributed by atoms with Crippen LogP contribution in [-0.2, 0) is 30.4 Å². The van der Waals surface area contributed by atoms with Gasteiger partial charge in [0.2, 0.25) is 17.7 Å². The molecule has 0 aromatic heterocycles. The fourth-order valence-corrected chi connectivity index (χ4v) is 2.66. The van der Waals surface area contributed by atoms with Crippen molar-refractivity contribution < 1.29 is 34.2 Å². The molecule has 1 aromatic carbocycles. The Hall–Kier alpha value is -3.47. The van der Waals surface area contributed by atoms with E-state index >= 15 is 0 Å². The molecule has 1 rings (SSSR count). The van der Waals surface area contributed by atoms with Gasteiger partial charge in [-0.3, -0.25) is 24.0 Å². The van der Waals surface area contributed by atoms with Gasteiger partial charge in [0, 0.05) is 6.42 Å². The first-order chi connectivity index (χ1) is 14.9. The second-order valence-corrected chi connectivity index (χ2v) is 7.75. The van der Waals surface area contributed by atoms with Crippen molar-refractivity contribution in [2.75, 3.05) is 0 Å². The highest BCUT2D eigenvalue weighted by atomic mass is 16.4. The van der Waals surface area contributed by atoms with E-state index in [4.69, 9.17) is 15.9 Å². The molecule has 0 aliphatic carbocycles. The summed E-state index contributed by atoms with van der Waals surface area (Å²) in [6.07, 6.45) is -0.711. The van der Waals surface area contributed by atoms with Crippen LogP contribution in [0.4, 0.5) is 0 Å². The summed E-state index contributed by atoms with van der Waals surface area (Å²) in [5.41, 5.74) is 6.57. The van der Waals surface area contributed by atoms with Crippen LogP contribution >= 0.6 is 0 Å². The molecule has 11 heteroatoms. The van der Waals surface area contributed by atoms with E-state index in [2.05, 4.69) is 16.0 Å². The Morgan fingerprint density at radius 3 is 1.88 bits per heavy atom. The van der Waals surface area contributed by atoms with Crippen LogP contribution in [0.25, 0.3) is 0 Å². The molecule has 32 heavy (non-hydrogen) atoms. The summed E-state index contributed by atoms with van der Waals surface area (Å²) in [5, 5.41) is 25.0. The number of amides is 3. The fraction of sp³-hybridized carbons (Fsp3) is 0.476. The van der Waals surface area contributed by atoms with Crippen molar-refractivity contribution in [3.05, 3.63) is 35.9 Å². The summed E-state index contributed by atoms with van der Waals surface area (Å²) in [4.78, 5) is 59.9. The van der Waals surface area contributed by atoms with E-state index in [1.165, 1.54) is 6.92 Å². The van der Waals surface area contributed by atoms with Crippen molar-refractivity contribution in [1.82, 2.24) is 16.0 Å². The Labute approximate surface area is 185 Å². The number of hydrogen-bond donors (Lipinski definition) is 6. The molecule has 0 aliphatic heterocycles. The van der Waals surface area contributed by atoms with Gasteiger partial charge in [-0.2, -0.15) is 0 Å². The van der Waals surface area contributed by atoms with Crippen LogP contribution in [0, 0.1) is 5.92 Å². The highest BCUT2D eigenvalue weighted by Crippen LogP contribution is 2.07. The zero-order valence-corrected chi connectivity index (χ0v) is 18.2. The Morgan fingerprint density at radius 2 is 1.38 bits per heavy atom. The molecular weight excluding hydrogens is 420 g/mol. The molecule has 0 aliphatic rings. The van der Waals surface area contributed by atoms with Crippen LogP contribution in [0.5, 0.6) is 0 Å². The number of carboxylic acids is 2. The summed E-state index contributed by atoms with van der Waals surface area (Å²) < 4.78 is 0. The van der Waals surface area contributed by atoms with Gasteiger partial charge < -0.3 is 31.9 Å². The number of carbonyl (C=O) groups is 5. The molecule has 0 saturated carbocycles. The van der Waals surface area contributed by atoms with Gasteiger partial charge in [-0.25, -0.2) is 0 Å². The van der Waals surface area contributed by atoms with Gasteiger partial charge in [0.05, 0.1) is 12.5 Å². The largest absolute Gasteiger partial charge is 0.481 e. The number of rotatable bonds is 12. The summed E-state index contributed by atoms with van der Waals surface area (Å²) in [7, 11) is 0. The lowest BCUT2D eigenvalue weighted by Crippen LogP contribution is -2.58. The van der Waals surface area contributed by atoms with Gasteiger partial charge in [0.25, 0.3) is 0 Å². The predicted molar refractivity (Wildman–Crippen MR) is 114 cm³/mol. The minimum absolute atomic E-state index is 0.0656. The van der Waals surface area contributed by atoms with Gasteiger partial charge in [0.1, 0.15) is 18.1 Å². The van der Waals surface area contributed by atoms with E-state index in [-0.39, 0.29) is 12.3 Å². The molecule has 7 N–H and O–H groups in total. The maximum absolute atomic E-state index is 12.9. The van der Waals surface area contributed by atoms with Gasteiger partial charge in [-0.1, -0.05) is 44.2 Å². The van der Waals surface area contributed by atoms with Gasteiger partial charge in [-0.15, -0.1) is 0 Å². The first-order valence-corrected chi connectivity index (χ1v) is 10.1. The van der Waals surface area contributed by atoms with E-state index in [1.807, 2.05) is 0 Å². The molecule has 176 valence electrons. The molecule has 0 radical (unpaired) electrons. The number of carbonyl (C=O) groups excluding carboxylic acids is 3. The number of nitrogens with one attached hydrogen (secondary N) is 3. The monoisotopic (exact) mass is 450 g/mol. The summed E-state index contributed by atoms with van der Waals surface area (Å²) in [6, 6.07) is 3.90. The number of carboxylic acid groups (broad SMARTS) is 2. The molecule has 4 atom stereocenters. The maximum atomic E-state index is 12.9. The molecule has 4 unspecified atom stereocenters. The van der Waals surface area contributed by atoms with Crippen molar-refractivity contribution in [1.29, 1.82) is 0 Å². The minimum atomic E-state index is -1.55. The smallest absolute Gasteiger partial charge is 0.325 e. The fourth-order valence-electron chi connectivity index (χ4n) is 2.66. The minimum Gasteiger partial charge on any atom is -0.481 e. The molecule has 0 fully saturated rings. The summed E-state index contributed by atoms with van der Waals surface area (Å²) in [6.45, 7) is 4.69. The molecule has 3 amide bonds. The van der Waals surface area contributed by atoms with Gasteiger partial charge in [0.15, 0.2) is 0 Å². The maximum Gasteiger partial charge on any atom is 0.325 e. The molecule has 0 saturated heterocycles. The molecule has 0 bridgehead atoms. The Bertz CT molecular complexity index is 829. The molecule has 0 spiro atoms. The molecule has 1 aromatic rings. The third-order valence-corrected chi connectivity index (χ3v) is 4.68. The third kappa shape index (κ3) is 8.72. The number of benzene rings is 1. The second kappa shape index (κ2) is 12.4. The lowest BCUT2D eigenvalue weighted by atomic mass is 10.0. The number of aliphatic carboxylic acids is 2. The Kier molecular flexibility index (Phi) is 10.3. The SMILES string of the molecule is CC(NC(=O)C(CC(=O)O)NC(=O)C(Cc1ccccc1)NC(=O)C(N)C(C)C)C(=O)O. The van der Waals surface area contributed by atoms with Crippen molar-refractivity contribution >= 4 is 29.7 Å². The first-order valence-electron chi connectivity index (χ1n) is 10.1. The van der Waals surface area contributed by atoms with Gasteiger partial charge >= 0.3 is 11.9 Å². The van der Waals surface area contributed by atoms with E-state index in [0.717, 1.165) is 0 Å². The summed E-state index contributed by atoms with van der Waals surface area (Å²) >= 11 is 0. The average Bonchev–Trinajstić information content (AvgIpc) is 2.72. The van der Waals surface area contributed by atoms with Crippen LogP contribution < -0.4 is 21.7 Å². The van der Waals surface area contributed by atoms with Crippen LogP contribution in [0.15, 0.2) is 30.3 Å². The number of hydrogen-bond acceptors (Lipinski definition) is 6. The highest BCUT2D eigenvalue weighted by Gasteiger charge is 2.31. The van der Waals surface area contributed by atoms with Crippen LogP contribution in [-0.4, -0.2) is 64.0 Å². The quantitative estimate of drug-likeness (QED) is 0.240. The molecule has 0 heterocycles. The van der Waals surface area contributed by atoms with Crippen molar-refractivity contribution in [3.8, 4) is 0 Å². The second-order valence-electron chi connectivity index (χ2n) is 7.75. The van der Waals surface area contributed by atoms with Crippen LogP contribution in [0.2, 0.25) is 0 Å². The van der Waals surface area contributed by atoms with Crippen molar-refractivity contribution in [2.24, 2.45) is 11.7 Å². The average molecular weight is 450 g/mol. The molecule has 11 nitrogen and oxygen atoms in total. The number of nitrogens with two attached hydrogens (primary N) is 1. The van der Waals surface area contributed by atoms with Gasteiger partial charge in [-0.05, 0) is 18.4 Å². The van der Waals surface area contributed by atoms with E-state index in [1.54, 1.807) is 44.2 Å². The predicted octanol–water partition coefficient (Wildman–Crippen LogP) is -0.754.